The third-order valence-electron chi connectivity index (χ3n) is 3.85. The summed E-state index contributed by atoms with van der Waals surface area (Å²) < 4.78 is 10.6. The molecule has 0 bridgehead atoms. The van der Waals surface area contributed by atoms with Crippen LogP contribution in [0, 0.1) is 0 Å². The van der Waals surface area contributed by atoms with Gasteiger partial charge in [-0.15, -0.1) is 6.58 Å². The summed E-state index contributed by atoms with van der Waals surface area (Å²) in [5.41, 5.74) is 2.41. The lowest BCUT2D eigenvalue weighted by Crippen LogP contribution is -2.36. The number of benzene rings is 1. The number of unbranched alkanes of at least 4 members (excludes halogenated alkanes) is 2. The van der Waals surface area contributed by atoms with Crippen molar-refractivity contribution >= 4 is 5.97 Å². The van der Waals surface area contributed by atoms with Crippen molar-refractivity contribution in [1.82, 2.24) is 0 Å². The van der Waals surface area contributed by atoms with Crippen LogP contribution >= 0.6 is 0 Å². The Hall–Kier alpha value is -1.61. The maximum atomic E-state index is 11.9. The highest BCUT2D eigenvalue weighted by Gasteiger charge is 2.35. The Morgan fingerprint density at radius 2 is 2.25 bits per heavy atom. The molecule has 0 saturated heterocycles. The molecule has 0 saturated carbocycles. The van der Waals surface area contributed by atoms with Crippen LogP contribution in [0.5, 0.6) is 0 Å². The van der Waals surface area contributed by atoms with Crippen molar-refractivity contribution in [3.63, 3.8) is 0 Å². The smallest absolute Gasteiger partial charge is 0.335 e. The van der Waals surface area contributed by atoms with Crippen LogP contribution in [0.25, 0.3) is 0 Å². The van der Waals surface area contributed by atoms with Gasteiger partial charge in [-0.05, 0) is 30.4 Å². The van der Waals surface area contributed by atoms with Crippen molar-refractivity contribution in [2.75, 3.05) is 7.11 Å². The van der Waals surface area contributed by atoms with Gasteiger partial charge in [0.1, 0.15) is 0 Å². The maximum absolute atomic E-state index is 11.9. The molecule has 0 amide bonds. The summed E-state index contributed by atoms with van der Waals surface area (Å²) in [5.74, 6) is -0.176. The van der Waals surface area contributed by atoms with Gasteiger partial charge >= 0.3 is 5.97 Å². The highest BCUT2D eigenvalue weighted by atomic mass is 16.6. The predicted octanol–water partition coefficient (Wildman–Crippen LogP) is 3.59. The molecular formula is C17H22O3. The minimum Gasteiger partial charge on any atom is -0.467 e. The normalized spacial score (nSPS) is 21.1. The van der Waals surface area contributed by atoms with E-state index in [0.717, 1.165) is 25.7 Å². The Morgan fingerprint density at radius 1 is 1.45 bits per heavy atom. The zero-order valence-electron chi connectivity index (χ0n) is 12.0. The second kappa shape index (κ2) is 7.25. The topological polar surface area (TPSA) is 35.5 Å². The van der Waals surface area contributed by atoms with E-state index in [1.165, 1.54) is 18.2 Å². The number of carbonyl (C=O) groups excluding carboxylic acids is 1. The number of methoxy groups -OCH3 is 1. The largest absolute Gasteiger partial charge is 0.467 e. The minimum absolute atomic E-state index is 0.0946. The summed E-state index contributed by atoms with van der Waals surface area (Å²) >= 11 is 0. The maximum Gasteiger partial charge on any atom is 0.335 e. The SMILES string of the molecule is C=CCCCC[C@@H]1c2ccccc2CO[C@H]1C(=O)OC. The van der Waals surface area contributed by atoms with Crippen LogP contribution in [0.2, 0.25) is 0 Å². The number of hydrogen-bond donors (Lipinski definition) is 0. The first kappa shape index (κ1) is 14.8. The highest BCUT2D eigenvalue weighted by Crippen LogP contribution is 2.35. The van der Waals surface area contributed by atoms with Gasteiger partial charge in [-0.1, -0.05) is 36.8 Å². The van der Waals surface area contributed by atoms with Gasteiger partial charge in [0.05, 0.1) is 13.7 Å². The van der Waals surface area contributed by atoms with Crippen molar-refractivity contribution in [2.45, 2.75) is 44.3 Å². The summed E-state index contributed by atoms with van der Waals surface area (Å²) in [5, 5.41) is 0. The number of hydrogen-bond acceptors (Lipinski definition) is 3. The van der Waals surface area contributed by atoms with Crippen molar-refractivity contribution in [1.29, 1.82) is 0 Å². The summed E-state index contributed by atoms with van der Waals surface area (Å²) in [6.45, 7) is 4.22. The summed E-state index contributed by atoms with van der Waals surface area (Å²) in [6.07, 6.45) is 5.56. The van der Waals surface area contributed by atoms with Crippen molar-refractivity contribution < 1.29 is 14.3 Å². The Bertz CT molecular complexity index is 467. The predicted molar refractivity (Wildman–Crippen MR) is 78.4 cm³/mol. The van der Waals surface area contributed by atoms with Gasteiger partial charge in [0.2, 0.25) is 0 Å². The number of carbonyl (C=O) groups is 1. The number of rotatable bonds is 6. The molecule has 3 nitrogen and oxygen atoms in total. The molecule has 1 aromatic carbocycles. The molecule has 1 aromatic rings. The molecule has 1 heterocycles. The van der Waals surface area contributed by atoms with E-state index in [0.29, 0.717) is 6.61 Å². The average molecular weight is 274 g/mol. The van der Waals surface area contributed by atoms with Gasteiger partial charge in [0.25, 0.3) is 0 Å². The van der Waals surface area contributed by atoms with E-state index < -0.39 is 6.10 Å². The fourth-order valence-electron chi connectivity index (χ4n) is 2.79. The molecule has 0 N–H and O–H groups in total. The number of esters is 1. The van der Waals surface area contributed by atoms with Gasteiger partial charge in [0, 0.05) is 5.92 Å². The van der Waals surface area contributed by atoms with Crippen LogP contribution in [0.4, 0.5) is 0 Å². The molecule has 0 spiro atoms. The Labute approximate surface area is 120 Å². The molecule has 2 atom stereocenters. The zero-order chi connectivity index (χ0) is 14.4. The van der Waals surface area contributed by atoms with Crippen LogP contribution in [-0.4, -0.2) is 19.2 Å². The molecule has 0 unspecified atom stereocenters. The van der Waals surface area contributed by atoms with Crippen molar-refractivity contribution in [2.24, 2.45) is 0 Å². The molecule has 0 fully saturated rings. The third kappa shape index (κ3) is 3.28. The number of ether oxygens (including phenoxy) is 2. The zero-order valence-corrected chi connectivity index (χ0v) is 12.0. The van der Waals surface area contributed by atoms with E-state index in [4.69, 9.17) is 9.47 Å². The standard InChI is InChI=1S/C17H22O3/c1-3-4-5-6-11-15-14-10-8-7-9-13(14)12-20-16(15)17(18)19-2/h3,7-10,15-16H,1,4-6,11-12H2,2H3/t15-,16-/m1/s1. The van der Waals surface area contributed by atoms with E-state index in [1.807, 2.05) is 18.2 Å². The molecule has 3 heteroatoms. The molecular weight excluding hydrogens is 252 g/mol. The molecule has 0 radical (unpaired) electrons. The fourth-order valence-corrected chi connectivity index (χ4v) is 2.79. The van der Waals surface area contributed by atoms with Gasteiger partial charge in [0.15, 0.2) is 6.10 Å². The lowest BCUT2D eigenvalue weighted by molar-refractivity contribution is -0.158. The first-order chi connectivity index (χ1) is 9.77. The summed E-state index contributed by atoms with van der Waals surface area (Å²) in [4.78, 5) is 11.9. The van der Waals surface area contributed by atoms with Crippen molar-refractivity contribution in [3.8, 4) is 0 Å². The highest BCUT2D eigenvalue weighted by molar-refractivity contribution is 5.76. The van der Waals surface area contributed by atoms with Gasteiger partial charge in [-0.2, -0.15) is 0 Å². The van der Waals surface area contributed by atoms with Gasteiger partial charge in [-0.3, -0.25) is 0 Å². The summed E-state index contributed by atoms with van der Waals surface area (Å²) in [7, 11) is 1.42. The number of allylic oxidation sites excluding steroid dienone is 1. The van der Waals surface area contributed by atoms with Crippen LogP contribution in [0.15, 0.2) is 36.9 Å². The summed E-state index contributed by atoms with van der Waals surface area (Å²) in [6, 6.07) is 8.20. The van der Waals surface area contributed by atoms with E-state index in [-0.39, 0.29) is 11.9 Å². The Balaban J connectivity index is 2.15. The van der Waals surface area contributed by atoms with Crippen LogP contribution in [0.3, 0.4) is 0 Å². The van der Waals surface area contributed by atoms with Crippen LogP contribution < -0.4 is 0 Å². The van der Waals surface area contributed by atoms with Gasteiger partial charge in [-0.25, -0.2) is 4.79 Å². The third-order valence-corrected chi connectivity index (χ3v) is 3.85. The molecule has 20 heavy (non-hydrogen) atoms. The van der Waals surface area contributed by atoms with Crippen molar-refractivity contribution in [3.05, 3.63) is 48.0 Å². The first-order valence-electron chi connectivity index (χ1n) is 7.16. The van der Waals surface area contributed by atoms with E-state index in [1.54, 1.807) is 0 Å². The minimum atomic E-state index is -0.473. The lowest BCUT2D eigenvalue weighted by atomic mass is 9.83. The second-order valence-corrected chi connectivity index (χ2v) is 5.13. The van der Waals surface area contributed by atoms with E-state index in [2.05, 4.69) is 18.7 Å². The van der Waals surface area contributed by atoms with Crippen LogP contribution in [0.1, 0.15) is 42.7 Å². The van der Waals surface area contributed by atoms with Gasteiger partial charge < -0.3 is 9.47 Å². The second-order valence-electron chi connectivity index (χ2n) is 5.13. The first-order valence-corrected chi connectivity index (χ1v) is 7.16. The monoisotopic (exact) mass is 274 g/mol. The fraction of sp³-hybridized carbons (Fsp3) is 0.471. The average Bonchev–Trinajstić information content (AvgIpc) is 2.50. The lowest BCUT2D eigenvalue weighted by Gasteiger charge is -2.32. The Kier molecular flexibility index (Phi) is 5.36. The van der Waals surface area contributed by atoms with E-state index >= 15 is 0 Å². The molecule has 0 aromatic heterocycles. The molecule has 2 rings (SSSR count). The number of fused-ring (bicyclic) bond motifs is 1. The quantitative estimate of drug-likeness (QED) is 0.452. The molecule has 1 aliphatic rings. The molecule has 0 aliphatic carbocycles. The van der Waals surface area contributed by atoms with E-state index in [9.17, 15) is 4.79 Å². The van der Waals surface area contributed by atoms with Crippen LogP contribution in [-0.2, 0) is 20.9 Å². The Morgan fingerprint density at radius 3 is 3.00 bits per heavy atom. The molecule has 1 aliphatic heterocycles. The molecule has 108 valence electrons.